The number of amides is 1. The van der Waals surface area contributed by atoms with Crippen LogP contribution in [0.5, 0.6) is 5.75 Å². The van der Waals surface area contributed by atoms with Crippen LogP contribution in [0.25, 0.3) is 0 Å². The fraction of sp³-hybridized carbons (Fsp3) is 0.154. The van der Waals surface area contributed by atoms with Crippen LogP contribution in [0.2, 0.25) is 5.02 Å². The maximum Gasteiger partial charge on any atom is 0.263 e. The highest BCUT2D eigenvalue weighted by Crippen LogP contribution is 2.16. The van der Waals surface area contributed by atoms with Gasteiger partial charge < -0.3 is 10.1 Å². The molecule has 2 rings (SSSR count). The number of halogens is 1. The number of hydrogen-bond acceptors (Lipinski definition) is 4. The Morgan fingerprint density at radius 2 is 2.20 bits per heavy atom. The predicted molar refractivity (Wildman–Crippen MR) is 73.5 cm³/mol. The lowest BCUT2D eigenvalue weighted by Gasteiger charge is -2.08. The van der Waals surface area contributed by atoms with Crippen molar-refractivity contribution in [3.63, 3.8) is 0 Å². The Balaban J connectivity index is 1.94. The minimum atomic E-state index is -0.375. The van der Waals surface area contributed by atoms with Crippen LogP contribution in [0.4, 0.5) is 5.82 Å². The minimum Gasteiger partial charge on any atom is -0.484 e. The molecule has 0 atom stereocenters. The Hall–Kier alpha value is -2.52. The van der Waals surface area contributed by atoms with Gasteiger partial charge in [0.2, 0.25) is 0 Å². The van der Waals surface area contributed by atoms with Crippen LogP contribution in [0.15, 0.2) is 30.5 Å². The number of hydrogen-bond donors (Lipinski definition) is 1. The van der Waals surface area contributed by atoms with Gasteiger partial charge in [-0.05, 0) is 24.3 Å². The number of rotatable bonds is 4. The summed E-state index contributed by atoms with van der Waals surface area (Å²) < 4.78 is 6.72. The Morgan fingerprint density at radius 3 is 2.85 bits per heavy atom. The van der Waals surface area contributed by atoms with Crippen LogP contribution in [-0.2, 0) is 11.8 Å². The first-order chi connectivity index (χ1) is 9.60. The zero-order valence-corrected chi connectivity index (χ0v) is 11.4. The third-order valence-electron chi connectivity index (χ3n) is 2.50. The molecule has 0 bridgehead atoms. The van der Waals surface area contributed by atoms with Crippen molar-refractivity contribution < 1.29 is 9.53 Å². The first-order valence-electron chi connectivity index (χ1n) is 5.70. The molecule has 1 amide bonds. The van der Waals surface area contributed by atoms with E-state index in [9.17, 15) is 4.79 Å². The topological polar surface area (TPSA) is 79.9 Å². The molecule has 0 spiro atoms. The van der Waals surface area contributed by atoms with Crippen molar-refractivity contribution in [2.45, 2.75) is 0 Å². The minimum absolute atomic E-state index is 0.169. The monoisotopic (exact) mass is 290 g/mol. The number of aromatic nitrogens is 2. The smallest absolute Gasteiger partial charge is 0.263 e. The van der Waals surface area contributed by atoms with Crippen molar-refractivity contribution >= 4 is 23.3 Å². The Bertz CT molecular complexity index is 658. The molecule has 7 heteroatoms. The first kappa shape index (κ1) is 13.9. The standard InChI is InChI=1S/C13H11ClN4O2/c1-18-13(9(6-15)7-16-18)17-12(19)8-20-11-4-2-10(14)3-5-11/h2-5,7H,8H2,1H3,(H,17,19). The molecule has 1 aromatic heterocycles. The van der Waals surface area contributed by atoms with Gasteiger partial charge in [-0.3, -0.25) is 9.48 Å². The third kappa shape index (κ3) is 3.28. The van der Waals surface area contributed by atoms with Crippen molar-refractivity contribution in [3.8, 4) is 11.8 Å². The Morgan fingerprint density at radius 1 is 1.50 bits per heavy atom. The molecule has 0 radical (unpaired) electrons. The van der Waals surface area contributed by atoms with Crippen LogP contribution in [0.1, 0.15) is 5.56 Å². The molecule has 1 N–H and O–H groups in total. The number of carbonyl (C=O) groups is 1. The largest absolute Gasteiger partial charge is 0.484 e. The molecule has 102 valence electrons. The van der Waals surface area contributed by atoms with E-state index in [2.05, 4.69) is 10.4 Å². The molecule has 0 saturated heterocycles. The van der Waals surface area contributed by atoms with Gasteiger partial charge in [-0.15, -0.1) is 0 Å². The SMILES string of the molecule is Cn1ncc(C#N)c1NC(=O)COc1ccc(Cl)cc1. The van der Waals surface area contributed by atoms with Gasteiger partial charge >= 0.3 is 0 Å². The summed E-state index contributed by atoms with van der Waals surface area (Å²) in [5.41, 5.74) is 0.298. The molecule has 6 nitrogen and oxygen atoms in total. The second kappa shape index (κ2) is 6.08. The number of carbonyl (C=O) groups excluding carboxylic acids is 1. The van der Waals surface area contributed by atoms with E-state index in [1.165, 1.54) is 10.9 Å². The molecule has 0 unspecified atom stereocenters. The summed E-state index contributed by atoms with van der Waals surface area (Å²) in [6.07, 6.45) is 1.38. The summed E-state index contributed by atoms with van der Waals surface area (Å²) in [7, 11) is 1.64. The molecular formula is C13H11ClN4O2. The van der Waals surface area contributed by atoms with Crippen LogP contribution in [-0.4, -0.2) is 22.3 Å². The Kier molecular flexibility index (Phi) is 4.23. The van der Waals surface area contributed by atoms with Crippen LogP contribution in [0, 0.1) is 11.3 Å². The van der Waals surface area contributed by atoms with Crippen molar-refractivity contribution in [3.05, 3.63) is 41.0 Å². The van der Waals surface area contributed by atoms with Gasteiger partial charge in [-0.25, -0.2) is 0 Å². The fourth-order valence-corrected chi connectivity index (χ4v) is 1.64. The summed E-state index contributed by atoms with van der Waals surface area (Å²) in [4.78, 5) is 11.8. The lowest BCUT2D eigenvalue weighted by Crippen LogP contribution is -2.22. The first-order valence-corrected chi connectivity index (χ1v) is 6.08. The van der Waals surface area contributed by atoms with Crippen molar-refractivity contribution in [2.24, 2.45) is 7.05 Å². The second-order valence-electron chi connectivity index (χ2n) is 3.93. The van der Waals surface area contributed by atoms with Gasteiger partial charge in [0.05, 0.1) is 6.20 Å². The van der Waals surface area contributed by atoms with Gasteiger partial charge in [0.15, 0.2) is 6.61 Å². The van der Waals surface area contributed by atoms with Gasteiger partial charge in [-0.1, -0.05) is 11.6 Å². The molecule has 1 aromatic carbocycles. The Labute approximate surface area is 120 Å². The summed E-state index contributed by atoms with van der Waals surface area (Å²) in [6.45, 7) is -0.169. The van der Waals surface area contributed by atoms with Crippen LogP contribution < -0.4 is 10.1 Å². The number of aryl methyl sites for hydroxylation is 1. The molecule has 0 fully saturated rings. The van der Waals surface area contributed by atoms with E-state index in [4.69, 9.17) is 21.6 Å². The van der Waals surface area contributed by atoms with Gasteiger partial charge in [0.1, 0.15) is 23.2 Å². The van der Waals surface area contributed by atoms with E-state index in [1.807, 2.05) is 6.07 Å². The molecule has 0 aliphatic rings. The number of benzene rings is 1. The number of nitrogens with one attached hydrogen (secondary N) is 1. The van der Waals surface area contributed by atoms with Crippen molar-refractivity contribution in [2.75, 3.05) is 11.9 Å². The summed E-state index contributed by atoms with van der Waals surface area (Å²) in [5, 5.41) is 15.9. The molecular weight excluding hydrogens is 280 g/mol. The lowest BCUT2D eigenvalue weighted by atomic mass is 10.3. The molecule has 1 heterocycles. The predicted octanol–water partition coefficient (Wildman–Crippen LogP) is 1.96. The van der Waals surface area contributed by atoms with E-state index in [1.54, 1.807) is 31.3 Å². The van der Waals surface area contributed by atoms with E-state index < -0.39 is 0 Å². The van der Waals surface area contributed by atoms with Gasteiger partial charge in [0, 0.05) is 12.1 Å². The third-order valence-corrected chi connectivity index (χ3v) is 2.75. The molecule has 0 aliphatic heterocycles. The lowest BCUT2D eigenvalue weighted by molar-refractivity contribution is -0.118. The average molecular weight is 291 g/mol. The van der Waals surface area contributed by atoms with Crippen molar-refractivity contribution in [1.82, 2.24) is 9.78 Å². The summed E-state index contributed by atoms with van der Waals surface area (Å²) in [5.74, 6) is 0.507. The van der Waals surface area contributed by atoms with Crippen LogP contribution in [0.3, 0.4) is 0 Å². The zero-order chi connectivity index (χ0) is 14.5. The normalized spacial score (nSPS) is 9.85. The quantitative estimate of drug-likeness (QED) is 0.933. The molecule has 0 aliphatic carbocycles. The van der Waals surface area contributed by atoms with E-state index >= 15 is 0 Å². The number of nitriles is 1. The van der Waals surface area contributed by atoms with Gasteiger partial charge in [-0.2, -0.15) is 10.4 Å². The van der Waals surface area contributed by atoms with E-state index in [0.717, 1.165) is 0 Å². The summed E-state index contributed by atoms with van der Waals surface area (Å²) >= 11 is 5.74. The second-order valence-corrected chi connectivity index (χ2v) is 4.37. The maximum absolute atomic E-state index is 11.8. The molecule has 0 saturated carbocycles. The van der Waals surface area contributed by atoms with Crippen LogP contribution >= 0.6 is 11.6 Å². The molecule has 2 aromatic rings. The number of nitrogens with zero attached hydrogens (tertiary/aromatic N) is 3. The highest BCUT2D eigenvalue weighted by Gasteiger charge is 2.11. The molecule has 20 heavy (non-hydrogen) atoms. The van der Waals surface area contributed by atoms with E-state index in [-0.39, 0.29) is 12.5 Å². The highest BCUT2D eigenvalue weighted by molar-refractivity contribution is 6.30. The van der Waals surface area contributed by atoms with Gasteiger partial charge in [0.25, 0.3) is 5.91 Å². The van der Waals surface area contributed by atoms with Crippen molar-refractivity contribution in [1.29, 1.82) is 5.26 Å². The average Bonchev–Trinajstić information content (AvgIpc) is 2.79. The number of ether oxygens (including phenoxy) is 1. The maximum atomic E-state index is 11.8. The highest BCUT2D eigenvalue weighted by atomic mass is 35.5. The number of anilines is 1. The van der Waals surface area contributed by atoms with E-state index in [0.29, 0.717) is 22.2 Å². The zero-order valence-electron chi connectivity index (χ0n) is 10.6. The summed E-state index contributed by atoms with van der Waals surface area (Å²) in [6, 6.07) is 8.62. The fourth-order valence-electron chi connectivity index (χ4n) is 1.52.